The Morgan fingerprint density at radius 1 is 1.60 bits per heavy atom. The van der Waals surface area contributed by atoms with Crippen molar-refractivity contribution in [1.29, 1.82) is 0 Å². The molecule has 5 nitrogen and oxygen atoms in total. The van der Waals surface area contributed by atoms with Crippen LogP contribution in [0.25, 0.3) is 0 Å². The van der Waals surface area contributed by atoms with Crippen LogP contribution in [-0.4, -0.2) is 27.9 Å². The lowest BCUT2D eigenvalue weighted by molar-refractivity contribution is -0.387. The van der Waals surface area contributed by atoms with Gasteiger partial charge in [0.1, 0.15) is 0 Å². The van der Waals surface area contributed by atoms with Gasteiger partial charge in [-0.3, -0.25) is 14.9 Å². The molecule has 108 valence electrons. The van der Waals surface area contributed by atoms with Gasteiger partial charge in [0.15, 0.2) is 0 Å². The predicted molar refractivity (Wildman–Crippen MR) is 75.5 cm³/mol. The Morgan fingerprint density at radius 2 is 2.35 bits per heavy atom. The normalized spacial score (nSPS) is 21.7. The number of amides is 1. The molecule has 1 unspecified atom stereocenters. The zero-order valence-corrected chi connectivity index (χ0v) is 11.8. The summed E-state index contributed by atoms with van der Waals surface area (Å²) in [6.45, 7) is 2.59. The fraction of sp³-hybridized carbons (Fsp3) is 0.462. The number of hydrogen-bond acceptors (Lipinski definition) is 4. The highest BCUT2D eigenvalue weighted by atomic mass is 32.2. The minimum atomic E-state index is -0.996. The molecule has 0 aromatic heterocycles. The van der Waals surface area contributed by atoms with Gasteiger partial charge in [0.05, 0.1) is 4.92 Å². The van der Waals surface area contributed by atoms with Crippen molar-refractivity contribution in [3.8, 4) is 0 Å². The zero-order chi connectivity index (χ0) is 14.8. The van der Waals surface area contributed by atoms with E-state index in [4.69, 9.17) is 0 Å². The molecule has 2 rings (SSSR count). The molecule has 1 saturated heterocycles. The van der Waals surface area contributed by atoms with Gasteiger partial charge in [-0.15, -0.1) is 0 Å². The predicted octanol–water partition coefficient (Wildman–Crippen LogP) is 2.75. The number of hydrogen-bond donors (Lipinski definition) is 1. The summed E-state index contributed by atoms with van der Waals surface area (Å²) in [5, 5.41) is 13.3. The maximum atomic E-state index is 13.5. The zero-order valence-electron chi connectivity index (χ0n) is 11.0. The summed E-state index contributed by atoms with van der Waals surface area (Å²) in [7, 11) is 0. The molecule has 1 atom stereocenters. The lowest BCUT2D eigenvalue weighted by Gasteiger charge is -2.22. The molecule has 1 aromatic rings. The van der Waals surface area contributed by atoms with Gasteiger partial charge in [-0.1, -0.05) is 0 Å². The largest absolute Gasteiger partial charge is 0.351 e. The maximum Gasteiger partial charge on any atom is 0.304 e. The molecule has 1 aliphatic rings. The van der Waals surface area contributed by atoms with Crippen molar-refractivity contribution >= 4 is 23.4 Å². The van der Waals surface area contributed by atoms with Crippen molar-refractivity contribution in [3.05, 3.63) is 39.7 Å². The molecule has 0 spiro atoms. The van der Waals surface area contributed by atoms with E-state index in [2.05, 4.69) is 12.2 Å². The van der Waals surface area contributed by atoms with E-state index in [1.54, 1.807) is 0 Å². The van der Waals surface area contributed by atoms with Crippen LogP contribution in [0.3, 0.4) is 0 Å². The van der Waals surface area contributed by atoms with E-state index in [-0.39, 0.29) is 10.3 Å². The maximum absolute atomic E-state index is 13.5. The first kappa shape index (κ1) is 14.8. The van der Waals surface area contributed by atoms with Crippen molar-refractivity contribution in [2.24, 2.45) is 0 Å². The Morgan fingerprint density at radius 3 is 2.90 bits per heavy atom. The standard InChI is InChI=1S/C13H15FN2O3S/c1-13(5-2-6-20-13)8-15-12(17)9-3-4-11(16(18)19)10(14)7-9/h3-4,7H,2,5-6,8H2,1H3,(H,15,17). The number of nitro groups is 1. The van der Waals surface area contributed by atoms with Crippen LogP contribution in [0.1, 0.15) is 30.1 Å². The summed E-state index contributed by atoms with van der Waals surface area (Å²) in [4.78, 5) is 21.6. The van der Waals surface area contributed by atoms with Crippen molar-refractivity contribution in [1.82, 2.24) is 5.32 Å². The summed E-state index contributed by atoms with van der Waals surface area (Å²) in [5.41, 5.74) is -0.528. The fourth-order valence-electron chi connectivity index (χ4n) is 2.14. The average Bonchev–Trinajstić information content (AvgIpc) is 2.83. The number of benzene rings is 1. The smallest absolute Gasteiger partial charge is 0.304 e. The summed E-state index contributed by atoms with van der Waals surface area (Å²) >= 11 is 1.81. The third kappa shape index (κ3) is 3.27. The van der Waals surface area contributed by atoms with Crippen LogP contribution in [0.2, 0.25) is 0 Å². The molecule has 1 aromatic carbocycles. The van der Waals surface area contributed by atoms with Crippen molar-refractivity contribution in [3.63, 3.8) is 0 Å². The van der Waals surface area contributed by atoms with Gasteiger partial charge in [-0.2, -0.15) is 16.2 Å². The number of nitrogens with one attached hydrogen (secondary N) is 1. The molecule has 1 heterocycles. The molecule has 20 heavy (non-hydrogen) atoms. The summed E-state index contributed by atoms with van der Waals surface area (Å²) in [5.74, 6) is -0.324. The van der Waals surface area contributed by atoms with Crippen molar-refractivity contribution in [2.45, 2.75) is 24.5 Å². The van der Waals surface area contributed by atoms with Crippen molar-refractivity contribution in [2.75, 3.05) is 12.3 Å². The summed E-state index contributed by atoms with van der Waals surface area (Å²) < 4.78 is 13.5. The number of halogens is 1. The van der Waals surface area contributed by atoms with Crippen LogP contribution < -0.4 is 5.32 Å². The minimum absolute atomic E-state index is 0.0228. The Labute approximate surface area is 120 Å². The monoisotopic (exact) mass is 298 g/mol. The molecule has 1 fully saturated rings. The Hall–Kier alpha value is -1.63. The Kier molecular flexibility index (Phi) is 4.27. The van der Waals surface area contributed by atoms with Gasteiger partial charge in [-0.05, 0) is 37.7 Å². The molecule has 1 aliphatic heterocycles. The number of rotatable bonds is 4. The molecule has 0 bridgehead atoms. The molecule has 1 amide bonds. The first-order valence-electron chi connectivity index (χ1n) is 6.27. The van der Waals surface area contributed by atoms with Gasteiger partial charge < -0.3 is 5.32 Å². The average molecular weight is 298 g/mol. The van der Waals surface area contributed by atoms with Crippen LogP contribution in [0.15, 0.2) is 18.2 Å². The first-order valence-corrected chi connectivity index (χ1v) is 7.26. The highest BCUT2D eigenvalue weighted by Gasteiger charge is 2.30. The van der Waals surface area contributed by atoms with Crippen LogP contribution in [0, 0.1) is 15.9 Å². The highest BCUT2D eigenvalue weighted by Crippen LogP contribution is 2.37. The Balaban J connectivity index is 2.02. The third-order valence-corrected chi connectivity index (χ3v) is 4.87. The quantitative estimate of drug-likeness (QED) is 0.685. The van der Waals surface area contributed by atoms with E-state index in [1.165, 1.54) is 6.07 Å². The first-order chi connectivity index (χ1) is 9.41. The topological polar surface area (TPSA) is 72.2 Å². The van der Waals surface area contributed by atoms with E-state index < -0.39 is 22.3 Å². The van der Waals surface area contributed by atoms with Gasteiger partial charge in [0, 0.05) is 22.9 Å². The minimum Gasteiger partial charge on any atom is -0.351 e. The van der Waals surface area contributed by atoms with Gasteiger partial charge in [-0.25, -0.2) is 0 Å². The van der Waals surface area contributed by atoms with Gasteiger partial charge in [0.2, 0.25) is 5.82 Å². The molecule has 0 saturated carbocycles. The summed E-state index contributed by atoms with van der Waals surface area (Å²) in [6, 6.07) is 3.18. The second kappa shape index (κ2) is 5.78. The van der Waals surface area contributed by atoms with E-state index in [0.717, 1.165) is 30.7 Å². The number of carbonyl (C=O) groups is 1. The molecule has 1 N–H and O–H groups in total. The number of thioether (sulfide) groups is 1. The third-order valence-electron chi connectivity index (χ3n) is 3.33. The second-order valence-electron chi connectivity index (χ2n) is 5.01. The van der Waals surface area contributed by atoms with Crippen molar-refractivity contribution < 1.29 is 14.1 Å². The van der Waals surface area contributed by atoms with Crippen LogP contribution >= 0.6 is 11.8 Å². The number of nitro benzene ring substituents is 1. The highest BCUT2D eigenvalue weighted by molar-refractivity contribution is 8.00. The Bertz CT molecular complexity index is 544. The second-order valence-corrected chi connectivity index (χ2v) is 6.69. The molecular formula is C13H15FN2O3S. The number of carbonyl (C=O) groups excluding carboxylic acids is 1. The fourth-order valence-corrected chi connectivity index (χ4v) is 3.39. The van der Waals surface area contributed by atoms with E-state index >= 15 is 0 Å². The van der Waals surface area contributed by atoms with Gasteiger partial charge in [0.25, 0.3) is 5.91 Å². The molecule has 7 heteroatoms. The molecular weight excluding hydrogens is 283 g/mol. The number of nitrogens with zero attached hydrogens (tertiary/aromatic N) is 1. The van der Waals surface area contributed by atoms with E-state index in [0.29, 0.717) is 6.54 Å². The molecule has 0 radical (unpaired) electrons. The summed E-state index contributed by atoms with van der Waals surface area (Å²) in [6.07, 6.45) is 2.16. The van der Waals surface area contributed by atoms with Crippen LogP contribution in [0.4, 0.5) is 10.1 Å². The van der Waals surface area contributed by atoms with Crippen LogP contribution in [-0.2, 0) is 0 Å². The van der Waals surface area contributed by atoms with E-state index in [1.807, 2.05) is 11.8 Å². The molecule has 0 aliphatic carbocycles. The van der Waals surface area contributed by atoms with Crippen LogP contribution in [0.5, 0.6) is 0 Å². The lowest BCUT2D eigenvalue weighted by atomic mass is 10.1. The SMILES string of the molecule is CC1(CNC(=O)c2ccc([N+](=O)[O-])c(F)c2)CCCS1. The van der Waals surface area contributed by atoms with E-state index in [9.17, 15) is 19.3 Å². The lowest BCUT2D eigenvalue weighted by Crippen LogP contribution is -2.36. The van der Waals surface area contributed by atoms with Gasteiger partial charge >= 0.3 is 5.69 Å².